The second kappa shape index (κ2) is 230. The van der Waals surface area contributed by atoms with Gasteiger partial charge in [-0.3, -0.25) is 0 Å². The quantitative estimate of drug-likeness (QED) is 0.490. The molecule has 0 N–H and O–H groups in total. The predicted molar refractivity (Wildman–Crippen MR) is 9.19 cm³/mol. The molecule has 0 aliphatic rings. The Morgan fingerprint density at radius 3 is 0.500 bits per heavy atom. The molecule has 0 amide bonds. The Kier molecular flexibility index (Phi) is 9530. The van der Waals surface area contributed by atoms with Gasteiger partial charge in [0.05, 0.1) is 0 Å². The van der Waals surface area contributed by atoms with E-state index in [1.54, 1.807) is 0 Å². The largest absolute Gasteiger partial charge is 4.00 e. The van der Waals surface area contributed by atoms with Crippen molar-refractivity contribution in [2.45, 2.75) is 0 Å². The molecule has 0 rings (SSSR count). The number of hydrogen-bond donors (Lipinski definition) is 0. The van der Waals surface area contributed by atoms with Crippen LogP contribution in [0, 0.1) is 0 Å². The zero-order valence-corrected chi connectivity index (χ0v) is 7.96. The van der Waals surface area contributed by atoms with Crippen LogP contribution in [0.4, 0.5) is 0 Å². The molecule has 0 bridgehead atoms. The molecule has 8 heavy (non-hydrogen) atoms. The molecule has 0 heterocycles. The Morgan fingerprint density at radius 1 is 0.500 bits per heavy atom. The Balaban J connectivity index is 0. The SMILES string of the molecule is [Fe+2].[O-2].[O-2].[O-2].[O-2].[O-2].[Si+4].[Zr+4]. The molecule has 5 nitrogen and oxygen atoms in total. The van der Waals surface area contributed by atoms with Gasteiger partial charge in [0.25, 0.3) is 0 Å². The van der Waals surface area contributed by atoms with E-state index in [1.165, 1.54) is 0 Å². The molecule has 8 heteroatoms. The van der Waals surface area contributed by atoms with Gasteiger partial charge in [-0.25, -0.2) is 0 Å². The van der Waals surface area contributed by atoms with Crippen LogP contribution in [0.3, 0.4) is 0 Å². The Morgan fingerprint density at radius 2 is 0.500 bits per heavy atom. The van der Waals surface area contributed by atoms with Gasteiger partial charge in [0.2, 0.25) is 0 Å². The van der Waals surface area contributed by atoms with Crippen molar-refractivity contribution in [3.63, 3.8) is 0 Å². The van der Waals surface area contributed by atoms with Gasteiger partial charge in [-0.15, -0.1) is 0 Å². The van der Waals surface area contributed by atoms with Crippen LogP contribution >= 0.6 is 0 Å². The Bertz CT molecular complexity index is 12.4. The van der Waals surface area contributed by atoms with Crippen LogP contribution in [-0.2, 0) is 70.7 Å². The van der Waals surface area contributed by atoms with E-state index in [9.17, 15) is 0 Å². The zero-order chi connectivity index (χ0) is 0. The van der Waals surface area contributed by atoms with Crippen LogP contribution in [0.1, 0.15) is 0 Å². The van der Waals surface area contributed by atoms with Crippen LogP contribution in [-0.4, -0.2) is 11.0 Å². The minimum absolute atomic E-state index is 0. The van der Waals surface area contributed by atoms with Crippen LogP contribution in [0.25, 0.3) is 0 Å². The third kappa shape index (κ3) is 152. The first-order chi connectivity index (χ1) is 0. The van der Waals surface area contributed by atoms with Crippen molar-refractivity contribution in [2.75, 3.05) is 0 Å². The van der Waals surface area contributed by atoms with Gasteiger partial charge in [-0.05, 0) is 0 Å². The second-order valence-electron chi connectivity index (χ2n) is 0. The molecular weight excluding hydrogens is 255 g/mol. The summed E-state index contributed by atoms with van der Waals surface area (Å²) in [5.74, 6) is 0. The molecule has 0 saturated carbocycles. The fraction of sp³-hybridized carbons (Fsp3) is 0. The van der Waals surface area contributed by atoms with Crippen molar-refractivity contribution < 1.29 is 70.7 Å². The fourth-order valence-electron chi connectivity index (χ4n) is 0. The summed E-state index contributed by atoms with van der Waals surface area (Å²) in [6, 6.07) is 0. The summed E-state index contributed by atoms with van der Waals surface area (Å²) in [4.78, 5) is 0. The van der Waals surface area contributed by atoms with Crippen molar-refractivity contribution in [2.24, 2.45) is 0 Å². The smallest absolute Gasteiger partial charge is 2.00 e. The molecule has 0 aliphatic carbocycles. The van der Waals surface area contributed by atoms with Crippen molar-refractivity contribution in [3.05, 3.63) is 0 Å². The minimum Gasteiger partial charge on any atom is -2.00 e. The van der Waals surface area contributed by atoms with Gasteiger partial charge in [-0.2, -0.15) is 0 Å². The molecule has 0 aromatic rings. The number of rotatable bonds is 0. The van der Waals surface area contributed by atoms with Crippen LogP contribution in [0.5, 0.6) is 0 Å². The van der Waals surface area contributed by atoms with Gasteiger partial charge in [0.15, 0.2) is 0 Å². The third-order valence-corrected chi connectivity index (χ3v) is 0. The molecule has 0 spiro atoms. The van der Waals surface area contributed by atoms with E-state index >= 15 is 0 Å². The Labute approximate surface area is 81.4 Å². The van der Waals surface area contributed by atoms with Gasteiger partial charge >= 0.3 is 54.2 Å². The maximum absolute atomic E-state index is 0. The molecule has 0 radical (unpaired) electrons. The van der Waals surface area contributed by atoms with Gasteiger partial charge in [0.1, 0.15) is 0 Å². The zero-order valence-electron chi connectivity index (χ0n) is 3.39. The Hall–Kier alpha value is 1.42. The van der Waals surface area contributed by atoms with E-state index in [-0.39, 0.29) is 81.6 Å². The normalized spacial score (nSPS) is 0. The van der Waals surface area contributed by atoms with E-state index in [4.69, 9.17) is 0 Å². The van der Waals surface area contributed by atoms with Crippen molar-refractivity contribution in [1.29, 1.82) is 0 Å². The van der Waals surface area contributed by atoms with Gasteiger partial charge in [-0.1, -0.05) is 0 Å². The summed E-state index contributed by atoms with van der Waals surface area (Å²) in [5.41, 5.74) is 0. The maximum atomic E-state index is 0. The van der Waals surface area contributed by atoms with E-state index in [0.717, 1.165) is 0 Å². The first-order valence-corrected chi connectivity index (χ1v) is 0. The average molecular weight is 255 g/mol. The van der Waals surface area contributed by atoms with E-state index in [1.807, 2.05) is 0 Å². The average Bonchev–Trinajstić information content (AvgIpc) is 0. The first kappa shape index (κ1) is 331. The van der Waals surface area contributed by atoms with E-state index in [0.29, 0.717) is 0 Å². The van der Waals surface area contributed by atoms with Crippen LogP contribution in [0.15, 0.2) is 0 Å². The van der Waals surface area contributed by atoms with E-state index in [2.05, 4.69) is 0 Å². The molecule has 0 fully saturated rings. The third-order valence-electron chi connectivity index (χ3n) is 0. The maximum Gasteiger partial charge on any atom is 4.00 e. The molecule has 0 aliphatic heterocycles. The van der Waals surface area contributed by atoms with Crippen LogP contribution in [0.2, 0.25) is 0 Å². The summed E-state index contributed by atoms with van der Waals surface area (Å²) >= 11 is 0. The molecule has 0 atom stereocenters. The summed E-state index contributed by atoms with van der Waals surface area (Å²) in [6.45, 7) is 0. The summed E-state index contributed by atoms with van der Waals surface area (Å²) in [6.07, 6.45) is 0. The summed E-state index contributed by atoms with van der Waals surface area (Å²) in [7, 11) is 0. The molecule has 0 aromatic heterocycles. The molecular formula is FeO5SiZr. The predicted octanol–water partition coefficient (Wildman–Crippen LogP) is -0.980. The molecule has 0 unspecified atom stereocenters. The second-order valence-corrected chi connectivity index (χ2v) is 0. The molecule has 0 aromatic carbocycles. The van der Waals surface area contributed by atoms with Crippen molar-refractivity contribution >= 4 is 11.0 Å². The minimum atomic E-state index is 0. The first-order valence-electron chi connectivity index (χ1n) is 0. The van der Waals surface area contributed by atoms with Crippen molar-refractivity contribution in [3.8, 4) is 0 Å². The standard InChI is InChI=1S/Fe.5O.Si.Zr/q+2;5*-2;2*+4. The van der Waals surface area contributed by atoms with E-state index < -0.39 is 0 Å². The summed E-state index contributed by atoms with van der Waals surface area (Å²) in [5, 5.41) is 0. The van der Waals surface area contributed by atoms with Gasteiger partial charge in [0, 0.05) is 0 Å². The summed E-state index contributed by atoms with van der Waals surface area (Å²) < 4.78 is 0. The molecule has 0 saturated heterocycles. The monoisotopic (exact) mass is 254 g/mol. The molecule has 46 valence electrons. The van der Waals surface area contributed by atoms with Crippen molar-refractivity contribution in [1.82, 2.24) is 0 Å². The van der Waals surface area contributed by atoms with Crippen LogP contribution < -0.4 is 0 Å². The van der Waals surface area contributed by atoms with Gasteiger partial charge < -0.3 is 27.4 Å². The number of hydrogen-bond acceptors (Lipinski definition) is 0. The topological polar surface area (TPSA) is 142 Å². The fourth-order valence-corrected chi connectivity index (χ4v) is 0.